The fourth-order valence-corrected chi connectivity index (χ4v) is 4.76. The van der Waals surface area contributed by atoms with Gasteiger partial charge in [-0.1, -0.05) is 48.5 Å². The van der Waals surface area contributed by atoms with Crippen molar-refractivity contribution in [1.29, 1.82) is 0 Å². The molecule has 172 valence electrons. The zero-order valence-electron chi connectivity index (χ0n) is 19.1. The highest BCUT2D eigenvalue weighted by Gasteiger charge is 2.36. The molecule has 0 aromatic heterocycles. The summed E-state index contributed by atoms with van der Waals surface area (Å²) in [5.41, 5.74) is 2.39. The van der Waals surface area contributed by atoms with Crippen LogP contribution >= 0.6 is 0 Å². The molecule has 3 nitrogen and oxygen atoms in total. The molecule has 1 fully saturated rings. The van der Waals surface area contributed by atoms with Gasteiger partial charge in [-0.3, -0.25) is 9.69 Å². The predicted molar refractivity (Wildman–Crippen MR) is 127 cm³/mol. The van der Waals surface area contributed by atoms with Gasteiger partial charge in [0.1, 0.15) is 11.6 Å². The van der Waals surface area contributed by atoms with Gasteiger partial charge < -0.3 is 4.90 Å². The van der Waals surface area contributed by atoms with Crippen LogP contribution in [0.5, 0.6) is 0 Å². The van der Waals surface area contributed by atoms with Crippen molar-refractivity contribution in [3.63, 3.8) is 0 Å². The summed E-state index contributed by atoms with van der Waals surface area (Å²) < 4.78 is 27.9. The summed E-state index contributed by atoms with van der Waals surface area (Å²) in [6.07, 6.45) is 0. The van der Waals surface area contributed by atoms with E-state index < -0.39 is 0 Å². The first kappa shape index (κ1) is 23.1. The van der Waals surface area contributed by atoms with Crippen molar-refractivity contribution in [2.24, 2.45) is 5.92 Å². The molecule has 3 aromatic carbocycles. The summed E-state index contributed by atoms with van der Waals surface area (Å²) in [4.78, 5) is 17.5. The summed E-state index contributed by atoms with van der Waals surface area (Å²) in [6, 6.07) is 22.9. The zero-order chi connectivity index (χ0) is 23.4. The topological polar surface area (TPSA) is 23.6 Å². The third-order valence-electron chi connectivity index (χ3n) is 6.50. The quantitative estimate of drug-likeness (QED) is 0.461. The highest BCUT2D eigenvalue weighted by Crippen LogP contribution is 2.35. The smallest absolute Gasteiger partial charge is 0.254 e. The molecule has 0 N–H and O–H groups in total. The third kappa shape index (κ3) is 5.48. The molecule has 0 saturated carbocycles. The minimum absolute atomic E-state index is 0.0102. The molecule has 2 atom stereocenters. The molecule has 5 heteroatoms. The second kappa shape index (κ2) is 10.3. The van der Waals surface area contributed by atoms with Gasteiger partial charge in [0.05, 0.1) is 0 Å². The van der Waals surface area contributed by atoms with Gasteiger partial charge >= 0.3 is 0 Å². The molecular formula is C28H30F2N2O. The normalized spacial score (nSPS) is 18.6. The van der Waals surface area contributed by atoms with Gasteiger partial charge in [0.2, 0.25) is 0 Å². The lowest BCUT2D eigenvalue weighted by Crippen LogP contribution is -2.42. The van der Waals surface area contributed by atoms with Crippen LogP contribution in [0.1, 0.15) is 41.3 Å². The molecule has 1 aliphatic rings. The number of amides is 1. The molecule has 0 spiro atoms. The molecular weight excluding hydrogens is 418 g/mol. The van der Waals surface area contributed by atoms with Crippen molar-refractivity contribution in [3.05, 3.63) is 107 Å². The van der Waals surface area contributed by atoms with Gasteiger partial charge in [-0.15, -0.1) is 0 Å². The van der Waals surface area contributed by atoms with E-state index in [-0.39, 0.29) is 35.4 Å². The van der Waals surface area contributed by atoms with Crippen LogP contribution < -0.4 is 0 Å². The SMILES string of the molecule is CC(C)N(CC1CN(Cc2ccccc2F)CC1c1ccc(F)cc1)C(=O)c1ccccc1. The Morgan fingerprint density at radius 2 is 1.61 bits per heavy atom. The van der Waals surface area contributed by atoms with E-state index in [1.165, 1.54) is 18.2 Å². The van der Waals surface area contributed by atoms with Crippen molar-refractivity contribution in [2.75, 3.05) is 19.6 Å². The van der Waals surface area contributed by atoms with E-state index in [0.29, 0.717) is 24.2 Å². The Balaban J connectivity index is 1.58. The average molecular weight is 449 g/mol. The maximum Gasteiger partial charge on any atom is 0.254 e. The standard InChI is InChI=1S/C28H30F2N2O/c1-20(2)32(28(33)22-8-4-3-5-9-22)18-24-17-31(16-23-10-6-7-11-27(23)30)19-26(24)21-12-14-25(29)15-13-21/h3-15,20,24,26H,16-19H2,1-2H3. The molecule has 2 unspecified atom stereocenters. The first-order valence-electron chi connectivity index (χ1n) is 11.5. The lowest BCUT2D eigenvalue weighted by molar-refractivity contribution is 0.0668. The third-order valence-corrected chi connectivity index (χ3v) is 6.50. The van der Waals surface area contributed by atoms with Crippen molar-refractivity contribution < 1.29 is 13.6 Å². The van der Waals surface area contributed by atoms with E-state index in [0.717, 1.165) is 18.7 Å². The van der Waals surface area contributed by atoms with Gasteiger partial charge in [-0.2, -0.15) is 0 Å². The second-order valence-corrected chi connectivity index (χ2v) is 9.12. The van der Waals surface area contributed by atoms with Crippen LogP contribution in [0.15, 0.2) is 78.9 Å². The maximum absolute atomic E-state index is 14.3. The number of benzene rings is 3. The van der Waals surface area contributed by atoms with Gasteiger partial charge in [-0.25, -0.2) is 8.78 Å². The minimum atomic E-state index is -0.264. The van der Waals surface area contributed by atoms with Crippen LogP contribution in [0.3, 0.4) is 0 Å². The fraction of sp³-hybridized carbons (Fsp3) is 0.321. The van der Waals surface area contributed by atoms with Gasteiger partial charge in [-0.05, 0) is 55.7 Å². The number of hydrogen-bond donors (Lipinski definition) is 0. The number of nitrogens with zero attached hydrogens (tertiary/aromatic N) is 2. The summed E-state index contributed by atoms with van der Waals surface area (Å²) in [7, 11) is 0. The zero-order valence-corrected chi connectivity index (χ0v) is 19.1. The predicted octanol–water partition coefficient (Wildman–Crippen LogP) is 5.73. The molecule has 1 heterocycles. The van der Waals surface area contributed by atoms with E-state index in [1.807, 2.05) is 73.3 Å². The number of rotatable bonds is 7. The molecule has 3 aromatic rings. The Kier molecular flexibility index (Phi) is 7.19. The van der Waals surface area contributed by atoms with Gasteiger partial charge in [0.15, 0.2) is 0 Å². The van der Waals surface area contributed by atoms with Crippen LogP contribution in [-0.4, -0.2) is 41.4 Å². The summed E-state index contributed by atoms with van der Waals surface area (Å²) in [6.45, 7) is 6.62. The van der Waals surface area contributed by atoms with Crippen LogP contribution in [-0.2, 0) is 6.54 Å². The summed E-state index contributed by atoms with van der Waals surface area (Å²) >= 11 is 0. The number of likely N-dealkylation sites (tertiary alicyclic amines) is 1. The molecule has 1 aliphatic heterocycles. The lowest BCUT2D eigenvalue weighted by Gasteiger charge is -2.32. The van der Waals surface area contributed by atoms with Crippen molar-refractivity contribution in [3.8, 4) is 0 Å². The van der Waals surface area contributed by atoms with Crippen LogP contribution in [0.25, 0.3) is 0 Å². The minimum Gasteiger partial charge on any atom is -0.336 e. The number of halogens is 2. The average Bonchev–Trinajstić information content (AvgIpc) is 3.21. The molecule has 1 amide bonds. The largest absolute Gasteiger partial charge is 0.336 e. The molecule has 33 heavy (non-hydrogen) atoms. The van der Waals surface area contributed by atoms with E-state index in [2.05, 4.69) is 4.90 Å². The Labute approximate surface area is 194 Å². The first-order chi connectivity index (χ1) is 15.9. The Morgan fingerprint density at radius 3 is 2.27 bits per heavy atom. The van der Waals surface area contributed by atoms with Gasteiger partial charge in [0.25, 0.3) is 5.91 Å². The van der Waals surface area contributed by atoms with Crippen molar-refractivity contribution in [1.82, 2.24) is 9.80 Å². The summed E-state index contributed by atoms with van der Waals surface area (Å²) in [5.74, 6) is -0.183. The Bertz CT molecular complexity index is 1070. The number of hydrogen-bond acceptors (Lipinski definition) is 2. The molecule has 1 saturated heterocycles. The molecule has 4 rings (SSSR count). The number of carbonyl (C=O) groups is 1. The highest BCUT2D eigenvalue weighted by molar-refractivity contribution is 5.94. The fourth-order valence-electron chi connectivity index (χ4n) is 4.76. The van der Waals surface area contributed by atoms with Gasteiger partial charge in [0, 0.05) is 49.3 Å². The maximum atomic E-state index is 14.3. The van der Waals surface area contributed by atoms with Crippen LogP contribution in [0, 0.1) is 17.6 Å². The first-order valence-corrected chi connectivity index (χ1v) is 11.5. The second-order valence-electron chi connectivity index (χ2n) is 9.12. The molecule has 0 radical (unpaired) electrons. The van der Waals surface area contributed by atoms with E-state index >= 15 is 0 Å². The molecule has 0 bridgehead atoms. The lowest BCUT2D eigenvalue weighted by atomic mass is 9.88. The monoisotopic (exact) mass is 448 g/mol. The number of carbonyl (C=O) groups excluding carboxylic acids is 1. The Morgan fingerprint density at radius 1 is 0.939 bits per heavy atom. The highest BCUT2D eigenvalue weighted by atomic mass is 19.1. The molecule has 0 aliphatic carbocycles. The van der Waals surface area contributed by atoms with Crippen LogP contribution in [0.4, 0.5) is 8.78 Å². The summed E-state index contributed by atoms with van der Waals surface area (Å²) in [5, 5.41) is 0. The van der Waals surface area contributed by atoms with Crippen molar-refractivity contribution in [2.45, 2.75) is 32.4 Å². The van der Waals surface area contributed by atoms with E-state index in [9.17, 15) is 13.6 Å². The van der Waals surface area contributed by atoms with Crippen molar-refractivity contribution >= 4 is 5.91 Å². The van der Waals surface area contributed by atoms with Crippen LogP contribution in [0.2, 0.25) is 0 Å². The van der Waals surface area contributed by atoms with E-state index in [1.54, 1.807) is 6.07 Å². The Hall–Kier alpha value is -3.05. The van der Waals surface area contributed by atoms with E-state index in [4.69, 9.17) is 0 Å².